The molecule has 6 heavy (non-hydrogen) atoms. The molecule has 0 saturated carbocycles. The molecule has 0 aromatic rings. The molecule has 0 saturated heterocycles. The van der Waals surface area contributed by atoms with E-state index in [4.69, 9.17) is 11.9 Å². The average Bonchev–Trinajstić information content (AvgIpc) is 1.81. The number of carbonyl (C=O) groups is 1. The van der Waals surface area contributed by atoms with E-state index in [9.17, 15) is 0 Å². The average molecular weight is 193 g/mol. The summed E-state index contributed by atoms with van der Waals surface area (Å²) in [5, 5.41) is 0. The molecule has 0 heterocycles. The van der Waals surface area contributed by atoms with Gasteiger partial charge in [0, 0.05) is 0 Å². The van der Waals surface area contributed by atoms with Crippen molar-refractivity contribution in [3.63, 3.8) is 0 Å². The molecule has 0 unspecified atom stereocenters. The Morgan fingerprint density at radius 2 is 0.833 bits per heavy atom. The van der Waals surface area contributed by atoms with E-state index < -0.39 is 0 Å². The molecule has 0 N–H and O–H groups in total. The van der Waals surface area contributed by atoms with Crippen molar-refractivity contribution in [3.8, 4) is 0 Å². The molecule has 0 amide bonds. The summed E-state index contributed by atoms with van der Waals surface area (Å²) in [7, 11) is 0. The molecule has 0 aliphatic heterocycles. The summed E-state index contributed by atoms with van der Waals surface area (Å²) < 4.78 is 16.8. The van der Waals surface area contributed by atoms with Gasteiger partial charge in [0.25, 0.3) is 0 Å². The fourth-order valence-corrected chi connectivity index (χ4v) is 0. The van der Waals surface area contributed by atoms with Crippen LogP contribution in [-0.4, -0.2) is 6.79 Å². The van der Waals surface area contributed by atoms with Crippen molar-refractivity contribution in [1.82, 2.24) is 0 Å². The third kappa shape index (κ3) is 209. The van der Waals surface area contributed by atoms with Gasteiger partial charge in [-0.2, -0.15) is 0 Å². The summed E-state index contributed by atoms with van der Waals surface area (Å²) in [5.41, 5.74) is 0. The van der Waals surface area contributed by atoms with Crippen LogP contribution in [-0.2, 0) is 48.4 Å². The zero-order valence-electron chi connectivity index (χ0n) is 3.35. The van der Waals surface area contributed by atoms with Crippen LogP contribution in [0.5, 0.6) is 0 Å². The predicted molar refractivity (Wildman–Crippen MR) is 8.49 cm³/mol. The van der Waals surface area contributed by atoms with Crippen LogP contribution >= 0.6 is 0 Å². The van der Waals surface area contributed by atoms with Gasteiger partial charge in [-0.15, -0.1) is 0 Å². The standard InChI is InChI=1S/CH2O.2O.2Zn/c1-2;;;;/h1H2;;;;. The van der Waals surface area contributed by atoms with E-state index in [1.807, 2.05) is 6.79 Å². The SMILES string of the molecule is C=O.[O]=[Zn].[O]=[Zn]. The molecule has 28 valence electrons. The number of carbonyl (C=O) groups excluding carboxylic acids is 1. The van der Waals surface area contributed by atoms with Gasteiger partial charge in [0.1, 0.15) is 6.79 Å². The Kier molecular flexibility index (Phi) is 1130. The molecule has 3 nitrogen and oxygen atoms in total. The first kappa shape index (κ1) is 16.0. The minimum absolute atomic E-state index is 0.125. The van der Waals surface area contributed by atoms with Crippen molar-refractivity contribution in [2.75, 3.05) is 0 Å². The van der Waals surface area contributed by atoms with Crippen LogP contribution in [0.25, 0.3) is 0 Å². The van der Waals surface area contributed by atoms with Gasteiger partial charge >= 0.3 is 43.7 Å². The fourth-order valence-electron chi connectivity index (χ4n) is 0. The zero-order valence-corrected chi connectivity index (χ0v) is 9.28. The maximum absolute atomic E-state index is 8.38. The molecule has 0 aliphatic rings. The van der Waals surface area contributed by atoms with Crippen LogP contribution in [0, 0.1) is 0 Å². The van der Waals surface area contributed by atoms with Crippen molar-refractivity contribution in [1.29, 1.82) is 0 Å². The van der Waals surface area contributed by atoms with E-state index >= 15 is 0 Å². The Bertz CT molecular complexity index is 13.5. The molecule has 0 spiro atoms. The Balaban J connectivity index is -0.0000000225. The van der Waals surface area contributed by atoms with Gasteiger partial charge in [-0.25, -0.2) is 0 Å². The van der Waals surface area contributed by atoms with Crippen LogP contribution in [0.4, 0.5) is 0 Å². The van der Waals surface area contributed by atoms with Gasteiger partial charge < -0.3 is 4.79 Å². The first-order valence-corrected chi connectivity index (χ1v) is 3.29. The molecule has 0 bridgehead atoms. The van der Waals surface area contributed by atoms with Crippen LogP contribution in [0.15, 0.2) is 0 Å². The van der Waals surface area contributed by atoms with E-state index in [0.29, 0.717) is 0 Å². The summed E-state index contributed by atoms with van der Waals surface area (Å²) >= 11 is 0.250. The monoisotopic (exact) mass is 190 g/mol. The van der Waals surface area contributed by atoms with Crippen molar-refractivity contribution < 1.29 is 48.4 Å². The topological polar surface area (TPSA) is 51.2 Å². The summed E-state index contributed by atoms with van der Waals surface area (Å²) in [4.78, 5) is 8.00. The van der Waals surface area contributed by atoms with E-state index in [0.717, 1.165) is 0 Å². The second-order valence-corrected chi connectivity index (χ2v) is 0. The molecule has 0 aromatic carbocycles. The van der Waals surface area contributed by atoms with Gasteiger partial charge in [-0.1, -0.05) is 0 Å². The third-order valence-electron chi connectivity index (χ3n) is 0. The van der Waals surface area contributed by atoms with Gasteiger partial charge in [0.05, 0.1) is 0 Å². The van der Waals surface area contributed by atoms with Gasteiger partial charge in [-0.3, -0.25) is 0 Å². The Labute approximate surface area is 55.4 Å². The molecule has 0 aromatic heterocycles. The van der Waals surface area contributed by atoms with Crippen LogP contribution in [0.1, 0.15) is 0 Å². The minimum atomic E-state index is 0.125. The molecular weight excluding hydrogens is 191 g/mol. The molecule has 5 heteroatoms. The molecule has 0 atom stereocenters. The van der Waals surface area contributed by atoms with Crippen molar-refractivity contribution in [3.05, 3.63) is 0 Å². The summed E-state index contributed by atoms with van der Waals surface area (Å²) in [6.07, 6.45) is 0. The molecule has 0 radical (unpaired) electrons. The number of hydrogen-bond acceptors (Lipinski definition) is 3. The first-order chi connectivity index (χ1) is 3.00. The second-order valence-electron chi connectivity index (χ2n) is 0. The van der Waals surface area contributed by atoms with Gasteiger partial charge in [0.15, 0.2) is 0 Å². The van der Waals surface area contributed by atoms with Gasteiger partial charge in [0.2, 0.25) is 0 Å². The molecule has 0 aliphatic carbocycles. The van der Waals surface area contributed by atoms with Crippen molar-refractivity contribution >= 4 is 6.79 Å². The Morgan fingerprint density at radius 3 is 0.833 bits per heavy atom. The quantitative estimate of drug-likeness (QED) is 0.490. The van der Waals surface area contributed by atoms with Gasteiger partial charge in [-0.05, 0) is 0 Å². The molecular formula is CH2O3Zn2. The molecule has 0 fully saturated rings. The van der Waals surface area contributed by atoms with E-state index in [2.05, 4.69) is 0 Å². The van der Waals surface area contributed by atoms with Crippen LogP contribution < -0.4 is 0 Å². The Hall–Kier alpha value is 0.517. The van der Waals surface area contributed by atoms with Crippen molar-refractivity contribution in [2.45, 2.75) is 0 Å². The van der Waals surface area contributed by atoms with Crippen LogP contribution in [0.2, 0.25) is 0 Å². The third-order valence-corrected chi connectivity index (χ3v) is 0. The summed E-state index contributed by atoms with van der Waals surface area (Å²) in [6.45, 7) is 2.00. The van der Waals surface area contributed by atoms with Crippen LogP contribution in [0.3, 0.4) is 0 Å². The normalized spacial score (nSPS) is 2.67. The van der Waals surface area contributed by atoms with E-state index in [1.165, 1.54) is 0 Å². The zero-order chi connectivity index (χ0) is 6.00. The molecule has 0 rings (SSSR count). The number of hydrogen-bond donors (Lipinski definition) is 0. The maximum atomic E-state index is 8.38. The first-order valence-electron chi connectivity index (χ1n) is 0.866. The predicted octanol–water partition coefficient (Wildman–Crippen LogP) is -0.427. The van der Waals surface area contributed by atoms with E-state index in [1.54, 1.807) is 0 Å². The Morgan fingerprint density at radius 1 is 0.833 bits per heavy atom. The van der Waals surface area contributed by atoms with E-state index in [-0.39, 0.29) is 36.5 Å². The second kappa shape index (κ2) is 421. The number of rotatable bonds is 0. The van der Waals surface area contributed by atoms with Crippen molar-refractivity contribution in [2.24, 2.45) is 0 Å². The summed E-state index contributed by atoms with van der Waals surface area (Å²) in [6, 6.07) is 0. The fraction of sp³-hybridized carbons (Fsp3) is 0. The summed E-state index contributed by atoms with van der Waals surface area (Å²) in [5.74, 6) is 0.